The van der Waals surface area contributed by atoms with E-state index in [-0.39, 0.29) is 5.41 Å². The summed E-state index contributed by atoms with van der Waals surface area (Å²) in [6.45, 7) is 4.71. The van der Waals surface area contributed by atoms with Gasteiger partial charge >= 0.3 is 0 Å². The molecule has 0 saturated heterocycles. The summed E-state index contributed by atoms with van der Waals surface area (Å²) < 4.78 is 0. The van der Waals surface area contributed by atoms with Crippen molar-refractivity contribution >= 4 is 60.2 Å². The molecule has 0 bridgehead atoms. The molecule has 10 aromatic carbocycles. The largest absolute Gasteiger partial charge is 0.310 e. The first kappa shape index (κ1) is 32.5. The summed E-state index contributed by atoms with van der Waals surface area (Å²) in [5.41, 5.74) is 13.9. The second kappa shape index (κ2) is 12.5. The van der Waals surface area contributed by atoms with Crippen molar-refractivity contribution < 1.29 is 0 Å². The lowest BCUT2D eigenvalue weighted by atomic mass is 9.81. The number of benzene rings is 10. The average molecular weight is 714 g/mol. The summed E-state index contributed by atoms with van der Waals surface area (Å²) >= 11 is 0. The van der Waals surface area contributed by atoms with Gasteiger partial charge in [0.1, 0.15) is 0 Å². The fraction of sp³-hybridized carbons (Fsp3) is 0.0545. The van der Waals surface area contributed by atoms with E-state index in [2.05, 4.69) is 219 Å². The standard InChI is InChI=1S/C55H39N/c1-55(2)51-24-14-13-21-45(51)48-35-41(28-30-52(48)55)54-47-23-12-11-22-46(47)53(49-33-36-15-9-10-16-37(36)34-50(49)54)40-26-25-39-32-44(29-27-38(39)31-40)56(42-17-5-3-6-18-42)43-19-7-4-8-20-43/h3-35H,1-2H3. The van der Waals surface area contributed by atoms with Gasteiger partial charge in [0.25, 0.3) is 0 Å². The highest BCUT2D eigenvalue weighted by Gasteiger charge is 2.35. The van der Waals surface area contributed by atoms with E-state index >= 15 is 0 Å². The van der Waals surface area contributed by atoms with E-state index < -0.39 is 0 Å². The van der Waals surface area contributed by atoms with Crippen molar-refractivity contribution in [3.05, 3.63) is 211 Å². The highest BCUT2D eigenvalue weighted by Crippen LogP contribution is 2.51. The zero-order valence-corrected chi connectivity index (χ0v) is 31.5. The van der Waals surface area contributed by atoms with Gasteiger partial charge in [-0.3, -0.25) is 0 Å². The molecular formula is C55H39N. The Morgan fingerprint density at radius 3 is 1.46 bits per heavy atom. The van der Waals surface area contributed by atoms with E-state index in [0.717, 1.165) is 17.1 Å². The normalized spacial score (nSPS) is 13.0. The Balaban J connectivity index is 1.13. The van der Waals surface area contributed by atoms with Crippen molar-refractivity contribution in [3.8, 4) is 33.4 Å². The summed E-state index contributed by atoms with van der Waals surface area (Å²) in [4.78, 5) is 2.33. The lowest BCUT2D eigenvalue weighted by Crippen LogP contribution is -2.14. The van der Waals surface area contributed by atoms with Crippen molar-refractivity contribution in [1.29, 1.82) is 0 Å². The molecule has 0 amide bonds. The molecule has 0 heterocycles. The molecule has 264 valence electrons. The van der Waals surface area contributed by atoms with Gasteiger partial charge in [0, 0.05) is 22.5 Å². The lowest BCUT2D eigenvalue weighted by Gasteiger charge is -2.25. The number of fused-ring (bicyclic) bond motifs is 7. The monoisotopic (exact) mass is 713 g/mol. The minimum absolute atomic E-state index is 0.0348. The number of nitrogens with zero attached hydrogens (tertiary/aromatic N) is 1. The Hall–Kier alpha value is -6.96. The van der Waals surface area contributed by atoms with Crippen molar-refractivity contribution in [2.75, 3.05) is 4.90 Å². The molecule has 0 N–H and O–H groups in total. The number of para-hydroxylation sites is 2. The van der Waals surface area contributed by atoms with Gasteiger partial charge in [-0.15, -0.1) is 0 Å². The van der Waals surface area contributed by atoms with E-state index in [9.17, 15) is 0 Å². The van der Waals surface area contributed by atoms with Gasteiger partial charge in [-0.1, -0.05) is 153 Å². The third kappa shape index (κ3) is 5.01. The van der Waals surface area contributed by atoms with Gasteiger partial charge in [-0.25, -0.2) is 0 Å². The van der Waals surface area contributed by atoms with Crippen molar-refractivity contribution in [3.63, 3.8) is 0 Å². The molecule has 0 aliphatic heterocycles. The molecule has 0 saturated carbocycles. The van der Waals surface area contributed by atoms with E-state index in [4.69, 9.17) is 0 Å². The van der Waals surface area contributed by atoms with Crippen LogP contribution in [0.4, 0.5) is 17.1 Å². The average Bonchev–Trinajstić information content (AvgIpc) is 3.48. The van der Waals surface area contributed by atoms with Crippen LogP contribution in [0.15, 0.2) is 200 Å². The Bertz CT molecular complexity index is 3120. The van der Waals surface area contributed by atoms with Crippen LogP contribution < -0.4 is 4.90 Å². The first-order valence-electron chi connectivity index (χ1n) is 19.6. The van der Waals surface area contributed by atoms with Gasteiger partial charge in [0.15, 0.2) is 0 Å². The van der Waals surface area contributed by atoms with Crippen LogP contribution in [0.1, 0.15) is 25.0 Å². The smallest absolute Gasteiger partial charge is 0.0468 e. The summed E-state index contributed by atoms with van der Waals surface area (Å²) in [5.74, 6) is 0. The van der Waals surface area contributed by atoms with Crippen LogP contribution in [0.2, 0.25) is 0 Å². The zero-order valence-electron chi connectivity index (χ0n) is 31.5. The maximum Gasteiger partial charge on any atom is 0.0468 e. The third-order valence-corrected chi connectivity index (χ3v) is 12.2. The molecule has 1 aliphatic carbocycles. The van der Waals surface area contributed by atoms with Crippen LogP contribution in [-0.4, -0.2) is 0 Å². The fourth-order valence-corrected chi connectivity index (χ4v) is 9.49. The molecule has 0 fully saturated rings. The van der Waals surface area contributed by atoms with E-state index in [1.807, 2.05) is 0 Å². The van der Waals surface area contributed by atoms with E-state index in [0.29, 0.717) is 0 Å². The SMILES string of the molecule is CC1(C)c2ccccc2-c2cc(-c3c4ccccc4c(-c4ccc5cc(N(c6ccccc6)c6ccccc6)ccc5c4)c4cc5ccccc5cc34)ccc21. The predicted molar refractivity (Wildman–Crippen MR) is 240 cm³/mol. The molecule has 0 spiro atoms. The molecule has 0 unspecified atom stereocenters. The minimum Gasteiger partial charge on any atom is -0.310 e. The Morgan fingerprint density at radius 1 is 0.321 bits per heavy atom. The van der Waals surface area contributed by atoms with Crippen molar-refractivity contribution in [2.45, 2.75) is 19.3 Å². The topological polar surface area (TPSA) is 3.24 Å². The van der Waals surface area contributed by atoms with Crippen molar-refractivity contribution in [1.82, 2.24) is 0 Å². The zero-order chi connectivity index (χ0) is 37.4. The van der Waals surface area contributed by atoms with E-state index in [1.165, 1.54) is 87.6 Å². The van der Waals surface area contributed by atoms with Gasteiger partial charge in [-0.05, 0) is 148 Å². The van der Waals surface area contributed by atoms with Gasteiger partial charge < -0.3 is 4.90 Å². The second-order valence-electron chi connectivity index (χ2n) is 15.7. The Labute approximate surface area is 327 Å². The molecule has 0 atom stereocenters. The minimum atomic E-state index is -0.0348. The number of rotatable bonds is 5. The van der Waals surface area contributed by atoms with E-state index in [1.54, 1.807) is 0 Å². The van der Waals surface area contributed by atoms with Crippen LogP contribution >= 0.6 is 0 Å². The fourth-order valence-electron chi connectivity index (χ4n) is 9.49. The maximum atomic E-state index is 2.46. The Morgan fingerprint density at radius 2 is 0.804 bits per heavy atom. The molecule has 0 aromatic heterocycles. The van der Waals surface area contributed by atoms with Gasteiger partial charge in [0.2, 0.25) is 0 Å². The molecule has 10 aromatic rings. The number of hydrogen-bond acceptors (Lipinski definition) is 1. The summed E-state index contributed by atoms with van der Waals surface area (Å²) in [6.07, 6.45) is 0. The molecule has 1 heteroatoms. The Kier molecular flexibility index (Phi) is 7.28. The van der Waals surface area contributed by atoms with Crippen LogP contribution in [0.5, 0.6) is 0 Å². The second-order valence-corrected chi connectivity index (χ2v) is 15.7. The first-order chi connectivity index (χ1) is 27.5. The molecule has 11 rings (SSSR count). The molecule has 56 heavy (non-hydrogen) atoms. The lowest BCUT2D eigenvalue weighted by molar-refractivity contribution is 0.660. The summed E-state index contributed by atoms with van der Waals surface area (Å²) in [5, 5.41) is 10.0. The third-order valence-electron chi connectivity index (χ3n) is 12.2. The van der Waals surface area contributed by atoms with Crippen molar-refractivity contribution in [2.24, 2.45) is 0 Å². The number of anilines is 3. The van der Waals surface area contributed by atoms with Crippen LogP contribution in [0, 0.1) is 0 Å². The highest BCUT2D eigenvalue weighted by molar-refractivity contribution is 6.24. The first-order valence-corrected chi connectivity index (χ1v) is 19.6. The van der Waals surface area contributed by atoms with Crippen LogP contribution in [-0.2, 0) is 5.41 Å². The van der Waals surface area contributed by atoms with Crippen LogP contribution in [0.25, 0.3) is 76.5 Å². The van der Waals surface area contributed by atoms with Gasteiger partial charge in [-0.2, -0.15) is 0 Å². The molecule has 0 radical (unpaired) electrons. The molecular weight excluding hydrogens is 675 g/mol. The molecule has 1 aliphatic rings. The van der Waals surface area contributed by atoms with Crippen LogP contribution in [0.3, 0.4) is 0 Å². The summed E-state index contributed by atoms with van der Waals surface area (Å²) in [7, 11) is 0. The number of hydrogen-bond donors (Lipinski definition) is 0. The maximum absolute atomic E-state index is 2.46. The summed E-state index contributed by atoms with van der Waals surface area (Å²) in [6, 6.07) is 73.9. The predicted octanol–water partition coefficient (Wildman–Crippen LogP) is 15.4. The van der Waals surface area contributed by atoms with Gasteiger partial charge in [0.05, 0.1) is 0 Å². The quantitative estimate of drug-likeness (QED) is 0.161. The highest BCUT2D eigenvalue weighted by atomic mass is 15.1. The molecule has 1 nitrogen and oxygen atoms in total.